The monoisotopic (exact) mass is 292 g/mol. The summed E-state index contributed by atoms with van der Waals surface area (Å²) in [6.45, 7) is 18.4. The van der Waals surface area contributed by atoms with Crippen molar-refractivity contribution in [3.05, 3.63) is 24.3 Å². The van der Waals surface area contributed by atoms with Crippen LogP contribution in [-0.2, 0) is 0 Å². The van der Waals surface area contributed by atoms with E-state index in [-0.39, 0.29) is 0 Å². The summed E-state index contributed by atoms with van der Waals surface area (Å²) in [6, 6.07) is 0. The molecular formula is C21H40. The number of allylic oxidation sites excluding steroid dienone is 2. The van der Waals surface area contributed by atoms with Crippen molar-refractivity contribution in [2.45, 2.75) is 98.8 Å². The molecule has 0 aromatic heterocycles. The molecule has 2 fully saturated rings. The van der Waals surface area contributed by atoms with Crippen LogP contribution < -0.4 is 0 Å². The highest BCUT2D eigenvalue weighted by atomic mass is 14.3. The second-order valence-electron chi connectivity index (χ2n) is 7.85. The third-order valence-corrected chi connectivity index (χ3v) is 4.88. The average Bonchev–Trinajstić information content (AvgIpc) is 2.68. The molecule has 0 heteroatoms. The Morgan fingerprint density at radius 2 is 1.19 bits per heavy atom. The van der Waals surface area contributed by atoms with E-state index in [9.17, 15) is 0 Å². The standard InChI is InChI=1S/C9H16.C8H16.C4H8/c1-8(2)9(3)6-4-5-7-9;1-8-6-4-2-3-5-7-8;1-4(2)3/h1,4-7H2,2-3H3;8H,2-7H2,1H3;1H2,2-3H3. The fourth-order valence-electron chi connectivity index (χ4n) is 3.07. The zero-order valence-electron chi connectivity index (χ0n) is 15.6. The van der Waals surface area contributed by atoms with E-state index in [0.717, 1.165) is 5.92 Å². The Morgan fingerprint density at radius 1 is 0.810 bits per heavy atom. The topological polar surface area (TPSA) is 0 Å². The number of rotatable bonds is 1. The van der Waals surface area contributed by atoms with Gasteiger partial charge in [-0.05, 0) is 44.9 Å². The summed E-state index contributed by atoms with van der Waals surface area (Å²) in [6.07, 6.45) is 14.5. The van der Waals surface area contributed by atoms with Crippen LogP contribution in [0.2, 0.25) is 0 Å². The van der Waals surface area contributed by atoms with E-state index in [2.05, 4.69) is 33.9 Å². The van der Waals surface area contributed by atoms with Gasteiger partial charge in [-0.15, -0.1) is 6.58 Å². The van der Waals surface area contributed by atoms with E-state index in [1.54, 1.807) is 0 Å². The molecule has 124 valence electrons. The van der Waals surface area contributed by atoms with E-state index in [4.69, 9.17) is 0 Å². The molecule has 0 saturated heterocycles. The Hall–Kier alpha value is -0.520. The van der Waals surface area contributed by atoms with Crippen molar-refractivity contribution in [1.82, 2.24) is 0 Å². The van der Waals surface area contributed by atoms with Crippen molar-refractivity contribution in [3.8, 4) is 0 Å². The van der Waals surface area contributed by atoms with Crippen molar-refractivity contribution >= 4 is 0 Å². The summed E-state index contributed by atoms with van der Waals surface area (Å²) < 4.78 is 0. The molecule has 0 aromatic rings. The van der Waals surface area contributed by atoms with Gasteiger partial charge in [-0.25, -0.2) is 0 Å². The molecule has 0 N–H and O–H groups in total. The van der Waals surface area contributed by atoms with Gasteiger partial charge >= 0.3 is 0 Å². The first-order chi connectivity index (χ1) is 9.78. The van der Waals surface area contributed by atoms with Crippen LogP contribution >= 0.6 is 0 Å². The smallest absolute Gasteiger partial charge is 0.0122 e. The summed E-state index contributed by atoms with van der Waals surface area (Å²) in [4.78, 5) is 0. The molecule has 2 rings (SSSR count). The molecule has 2 aliphatic carbocycles. The Labute approximate surface area is 135 Å². The number of hydrogen-bond acceptors (Lipinski definition) is 0. The normalized spacial score (nSPS) is 21.2. The largest absolute Gasteiger partial charge is 0.100 e. The average molecular weight is 293 g/mol. The Balaban J connectivity index is 0.000000308. The predicted octanol–water partition coefficient (Wildman–Crippen LogP) is 7.70. The SMILES string of the molecule is C=C(C)C.C=C(C)C1(C)CCCC1.CC1CCCCCC1. The van der Waals surface area contributed by atoms with Gasteiger partial charge in [0.15, 0.2) is 0 Å². The Kier molecular flexibility index (Phi) is 10.8. The molecule has 2 saturated carbocycles. The lowest BCUT2D eigenvalue weighted by Crippen LogP contribution is -2.10. The van der Waals surface area contributed by atoms with Gasteiger partial charge in [0, 0.05) is 0 Å². The summed E-state index contributed by atoms with van der Waals surface area (Å²) in [5.74, 6) is 1.03. The minimum absolute atomic E-state index is 0.500. The molecule has 0 nitrogen and oxygen atoms in total. The van der Waals surface area contributed by atoms with Crippen LogP contribution in [0.4, 0.5) is 0 Å². The van der Waals surface area contributed by atoms with Crippen molar-refractivity contribution in [2.24, 2.45) is 11.3 Å². The van der Waals surface area contributed by atoms with Crippen LogP contribution in [0.3, 0.4) is 0 Å². The summed E-state index contributed by atoms with van der Waals surface area (Å²) >= 11 is 0. The quantitative estimate of drug-likeness (QED) is 0.343. The van der Waals surface area contributed by atoms with Crippen molar-refractivity contribution in [3.63, 3.8) is 0 Å². The first kappa shape index (κ1) is 20.5. The van der Waals surface area contributed by atoms with E-state index in [1.807, 2.05) is 13.8 Å². The molecule has 0 amide bonds. The van der Waals surface area contributed by atoms with E-state index >= 15 is 0 Å². The molecule has 21 heavy (non-hydrogen) atoms. The van der Waals surface area contributed by atoms with Crippen LogP contribution in [0.1, 0.15) is 98.8 Å². The van der Waals surface area contributed by atoms with Gasteiger partial charge in [0.05, 0.1) is 0 Å². The minimum atomic E-state index is 0.500. The zero-order valence-corrected chi connectivity index (χ0v) is 15.6. The van der Waals surface area contributed by atoms with Gasteiger partial charge in [0.2, 0.25) is 0 Å². The summed E-state index contributed by atoms with van der Waals surface area (Å²) in [5.41, 5.74) is 3.04. The van der Waals surface area contributed by atoms with Crippen LogP contribution in [-0.4, -0.2) is 0 Å². The van der Waals surface area contributed by atoms with Crippen LogP contribution in [0.25, 0.3) is 0 Å². The molecule has 0 spiro atoms. The van der Waals surface area contributed by atoms with Crippen molar-refractivity contribution in [1.29, 1.82) is 0 Å². The van der Waals surface area contributed by atoms with Crippen LogP contribution in [0.15, 0.2) is 24.3 Å². The van der Waals surface area contributed by atoms with Gasteiger partial charge in [-0.3, -0.25) is 0 Å². The molecule has 0 atom stereocenters. The lowest BCUT2D eigenvalue weighted by atomic mass is 9.82. The van der Waals surface area contributed by atoms with Gasteiger partial charge in [0.25, 0.3) is 0 Å². The van der Waals surface area contributed by atoms with Gasteiger partial charge in [-0.2, -0.15) is 0 Å². The predicted molar refractivity (Wildman–Crippen MR) is 98.7 cm³/mol. The lowest BCUT2D eigenvalue weighted by molar-refractivity contribution is 0.416. The first-order valence-corrected chi connectivity index (χ1v) is 9.06. The van der Waals surface area contributed by atoms with Gasteiger partial charge < -0.3 is 0 Å². The highest BCUT2D eigenvalue weighted by Crippen LogP contribution is 2.42. The van der Waals surface area contributed by atoms with Gasteiger partial charge in [0.1, 0.15) is 0 Å². The van der Waals surface area contributed by atoms with E-state index in [1.165, 1.54) is 75.4 Å². The second-order valence-corrected chi connectivity index (χ2v) is 7.85. The van der Waals surface area contributed by atoms with Crippen molar-refractivity contribution in [2.75, 3.05) is 0 Å². The van der Waals surface area contributed by atoms with Crippen molar-refractivity contribution < 1.29 is 0 Å². The van der Waals surface area contributed by atoms with Crippen LogP contribution in [0, 0.1) is 11.3 Å². The zero-order chi connectivity index (χ0) is 16.3. The fourth-order valence-corrected chi connectivity index (χ4v) is 3.07. The summed E-state index contributed by atoms with van der Waals surface area (Å²) in [5, 5.41) is 0. The molecule has 0 radical (unpaired) electrons. The molecule has 0 heterocycles. The molecule has 0 bridgehead atoms. The molecule has 2 aliphatic rings. The van der Waals surface area contributed by atoms with E-state index < -0.39 is 0 Å². The second kappa shape index (κ2) is 11.1. The number of hydrogen-bond donors (Lipinski definition) is 0. The highest BCUT2D eigenvalue weighted by molar-refractivity contribution is 5.07. The minimum Gasteiger partial charge on any atom is -0.100 e. The molecule has 0 unspecified atom stereocenters. The fraction of sp³-hybridized carbons (Fsp3) is 0.810. The molecule has 0 aliphatic heterocycles. The van der Waals surface area contributed by atoms with E-state index in [0.29, 0.717) is 5.41 Å². The highest BCUT2D eigenvalue weighted by Gasteiger charge is 2.28. The maximum atomic E-state index is 4.01. The maximum absolute atomic E-state index is 4.01. The molecule has 0 aromatic carbocycles. The maximum Gasteiger partial charge on any atom is -0.0122 e. The third kappa shape index (κ3) is 10.8. The lowest BCUT2D eigenvalue weighted by Gasteiger charge is -2.23. The third-order valence-electron chi connectivity index (χ3n) is 4.88. The van der Waals surface area contributed by atoms with Crippen LogP contribution in [0.5, 0.6) is 0 Å². The summed E-state index contributed by atoms with van der Waals surface area (Å²) in [7, 11) is 0. The Morgan fingerprint density at radius 3 is 1.48 bits per heavy atom. The van der Waals surface area contributed by atoms with Gasteiger partial charge in [-0.1, -0.05) is 82.9 Å². The first-order valence-electron chi connectivity index (χ1n) is 9.06. The molecular weight excluding hydrogens is 252 g/mol. The Bertz CT molecular complexity index is 279.